The molecule has 106 valence electrons. The highest BCUT2D eigenvalue weighted by Crippen LogP contribution is 2.27. The molecule has 19 heavy (non-hydrogen) atoms. The Balaban J connectivity index is 2.05. The van der Waals surface area contributed by atoms with E-state index in [0.29, 0.717) is 5.92 Å². The molecule has 2 heterocycles. The second-order valence-corrected chi connectivity index (χ2v) is 5.02. The Labute approximate surface area is 114 Å². The van der Waals surface area contributed by atoms with Gasteiger partial charge in [-0.2, -0.15) is 0 Å². The molecule has 1 aromatic heterocycles. The lowest BCUT2D eigenvalue weighted by atomic mass is 9.89. The van der Waals surface area contributed by atoms with Crippen LogP contribution in [0.15, 0.2) is 6.20 Å². The van der Waals surface area contributed by atoms with Crippen LogP contribution in [0.5, 0.6) is 0 Å². The molecule has 1 N–H and O–H groups in total. The molecule has 0 bridgehead atoms. The molecule has 2 unspecified atom stereocenters. The van der Waals surface area contributed by atoms with Gasteiger partial charge in [0.2, 0.25) is 5.91 Å². The molecule has 1 aromatic rings. The fourth-order valence-electron chi connectivity index (χ4n) is 2.80. The minimum Gasteiger partial charge on any atom is -0.342 e. The Hall–Kier alpha value is -1.43. The molecule has 1 amide bonds. The van der Waals surface area contributed by atoms with Crippen molar-refractivity contribution in [2.24, 2.45) is 7.05 Å². The van der Waals surface area contributed by atoms with Gasteiger partial charge in [0.05, 0.1) is 17.9 Å². The molecule has 6 nitrogen and oxygen atoms in total. The van der Waals surface area contributed by atoms with Crippen molar-refractivity contribution in [2.75, 3.05) is 19.6 Å². The Morgan fingerprint density at radius 3 is 2.84 bits per heavy atom. The highest BCUT2D eigenvalue weighted by molar-refractivity contribution is 5.82. The first-order valence-corrected chi connectivity index (χ1v) is 7.04. The summed E-state index contributed by atoms with van der Waals surface area (Å²) in [6.07, 6.45) is 3.68. The lowest BCUT2D eigenvalue weighted by Crippen LogP contribution is -2.50. The molecule has 1 aliphatic heterocycles. The van der Waals surface area contributed by atoms with E-state index in [1.807, 2.05) is 36.7 Å². The van der Waals surface area contributed by atoms with Crippen LogP contribution in [-0.2, 0) is 11.8 Å². The van der Waals surface area contributed by atoms with Gasteiger partial charge in [-0.3, -0.25) is 9.48 Å². The van der Waals surface area contributed by atoms with Crippen molar-refractivity contribution in [1.82, 2.24) is 25.2 Å². The predicted octanol–water partition coefficient (Wildman–Crippen LogP) is 0.519. The fraction of sp³-hybridized carbons (Fsp3) is 0.769. The van der Waals surface area contributed by atoms with E-state index in [0.717, 1.165) is 38.2 Å². The number of carbonyl (C=O) groups is 1. The Bertz CT molecular complexity index is 426. The summed E-state index contributed by atoms with van der Waals surface area (Å²) in [5.74, 6) is 0.579. The standard InChI is InChI=1S/C13H23N5O/c1-4-18(5-2)13(19)11-8-10(6-7-14-11)12-9-15-16-17(12)3/h9-11,14H,4-8H2,1-3H3. The molecule has 1 aliphatic rings. The van der Waals surface area contributed by atoms with Crippen molar-refractivity contribution >= 4 is 5.91 Å². The highest BCUT2D eigenvalue weighted by Gasteiger charge is 2.31. The van der Waals surface area contributed by atoms with E-state index in [2.05, 4.69) is 15.6 Å². The molecule has 2 atom stereocenters. The van der Waals surface area contributed by atoms with Crippen molar-refractivity contribution in [1.29, 1.82) is 0 Å². The molecule has 1 saturated heterocycles. The number of aryl methyl sites for hydroxylation is 1. The first-order chi connectivity index (χ1) is 9.17. The zero-order valence-corrected chi connectivity index (χ0v) is 12.0. The minimum absolute atomic E-state index is 0.0754. The normalized spacial score (nSPS) is 23.3. The lowest BCUT2D eigenvalue weighted by Gasteiger charge is -2.32. The van der Waals surface area contributed by atoms with Gasteiger partial charge in [-0.1, -0.05) is 5.21 Å². The van der Waals surface area contributed by atoms with Crippen LogP contribution in [0.1, 0.15) is 38.3 Å². The summed E-state index contributed by atoms with van der Waals surface area (Å²) in [5, 5.41) is 11.2. The van der Waals surface area contributed by atoms with E-state index < -0.39 is 0 Å². The third-order valence-electron chi connectivity index (χ3n) is 3.94. The first-order valence-electron chi connectivity index (χ1n) is 7.04. The predicted molar refractivity (Wildman–Crippen MR) is 72.7 cm³/mol. The number of nitrogens with one attached hydrogen (secondary N) is 1. The summed E-state index contributed by atoms with van der Waals surface area (Å²) >= 11 is 0. The van der Waals surface area contributed by atoms with Crippen molar-refractivity contribution in [3.63, 3.8) is 0 Å². The number of amides is 1. The molecule has 0 spiro atoms. The molecule has 2 rings (SSSR count). The number of hydrogen-bond acceptors (Lipinski definition) is 4. The first kappa shape index (κ1) is 14.0. The number of nitrogens with zero attached hydrogens (tertiary/aromatic N) is 4. The highest BCUT2D eigenvalue weighted by atomic mass is 16.2. The van der Waals surface area contributed by atoms with Gasteiger partial charge in [-0.15, -0.1) is 5.10 Å². The summed E-state index contributed by atoms with van der Waals surface area (Å²) in [6.45, 7) is 6.45. The molecule has 6 heteroatoms. The van der Waals surface area contributed by atoms with E-state index >= 15 is 0 Å². The van der Waals surface area contributed by atoms with E-state index in [-0.39, 0.29) is 11.9 Å². The fourth-order valence-corrected chi connectivity index (χ4v) is 2.80. The average Bonchev–Trinajstić information content (AvgIpc) is 2.86. The summed E-state index contributed by atoms with van der Waals surface area (Å²) in [7, 11) is 1.91. The zero-order valence-electron chi connectivity index (χ0n) is 12.0. The molecule has 0 radical (unpaired) electrons. The number of hydrogen-bond donors (Lipinski definition) is 1. The summed E-state index contributed by atoms with van der Waals surface area (Å²) in [4.78, 5) is 14.3. The van der Waals surface area contributed by atoms with Crippen molar-refractivity contribution in [3.05, 3.63) is 11.9 Å². The van der Waals surface area contributed by atoms with Gasteiger partial charge in [0.15, 0.2) is 0 Å². The maximum absolute atomic E-state index is 12.4. The van der Waals surface area contributed by atoms with Gasteiger partial charge < -0.3 is 10.2 Å². The molecular formula is C13H23N5O. The van der Waals surface area contributed by atoms with E-state index in [1.54, 1.807) is 0 Å². The Morgan fingerprint density at radius 1 is 1.53 bits per heavy atom. The average molecular weight is 265 g/mol. The van der Waals surface area contributed by atoms with E-state index in [1.165, 1.54) is 0 Å². The maximum Gasteiger partial charge on any atom is 0.239 e. The third-order valence-corrected chi connectivity index (χ3v) is 3.94. The monoisotopic (exact) mass is 265 g/mol. The van der Waals surface area contributed by atoms with Crippen LogP contribution in [0.3, 0.4) is 0 Å². The Morgan fingerprint density at radius 2 is 2.26 bits per heavy atom. The summed E-state index contributed by atoms with van der Waals surface area (Å²) in [6, 6.07) is -0.0754. The van der Waals surface area contributed by atoms with Crippen LogP contribution in [0.25, 0.3) is 0 Å². The minimum atomic E-state index is -0.0754. The molecule has 0 aromatic carbocycles. The molecular weight excluding hydrogens is 242 g/mol. The van der Waals surface area contributed by atoms with Crippen LogP contribution >= 0.6 is 0 Å². The zero-order chi connectivity index (χ0) is 13.8. The summed E-state index contributed by atoms with van der Waals surface area (Å²) < 4.78 is 1.81. The second kappa shape index (κ2) is 6.14. The van der Waals surface area contributed by atoms with E-state index in [4.69, 9.17) is 0 Å². The SMILES string of the molecule is CCN(CC)C(=O)C1CC(c2cnnn2C)CCN1. The van der Waals surface area contributed by atoms with Crippen LogP contribution < -0.4 is 5.32 Å². The van der Waals surface area contributed by atoms with E-state index in [9.17, 15) is 4.79 Å². The quantitative estimate of drug-likeness (QED) is 0.862. The van der Waals surface area contributed by atoms with Gasteiger partial charge in [0, 0.05) is 26.1 Å². The molecule has 0 saturated carbocycles. The smallest absolute Gasteiger partial charge is 0.239 e. The number of aromatic nitrogens is 3. The van der Waals surface area contributed by atoms with Gasteiger partial charge in [0.25, 0.3) is 0 Å². The topological polar surface area (TPSA) is 63.1 Å². The van der Waals surface area contributed by atoms with Gasteiger partial charge >= 0.3 is 0 Å². The Kier molecular flexibility index (Phi) is 4.52. The number of likely N-dealkylation sites (N-methyl/N-ethyl adjacent to an activating group) is 1. The van der Waals surface area contributed by atoms with Gasteiger partial charge in [-0.25, -0.2) is 0 Å². The van der Waals surface area contributed by atoms with Gasteiger partial charge in [-0.05, 0) is 33.2 Å². The number of carbonyl (C=O) groups excluding carboxylic acids is 1. The van der Waals surface area contributed by atoms with Crippen molar-refractivity contribution < 1.29 is 4.79 Å². The molecule has 1 fully saturated rings. The number of piperidine rings is 1. The third kappa shape index (κ3) is 2.94. The summed E-state index contributed by atoms with van der Waals surface area (Å²) in [5.41, 5.74) is 1.12. The van der Waals surface area contributed by atoms with Crippen LogP contribution in [0.4, 0.5) is 0 Å². The van der Waals surface area contributed by atoms with Crippen molar-refractivity contribution in [2.45, 2.75) is 38.6 Å². The second-order valence-electron chi connectivity index (χ2n) is 5.02. The molecule has 0 aliphatic carbocycles. The van der Waals surface area contributed by atoms with Crippen LogP contribution in [0.2, 0.25) is 0 Å². The van der Waals surface area contributed by atoms with Crippen LogP contribution in [-0.4, -0.2) is 51.5 Å². The number of rotatable bonds is 4. The van der Waals surface area contributed by atoms with Crippen molar-refractivity contribution in [3.8, 4) is 0 Å². The largest absolute Gasteiger partial charge is 0.342 e. The van der Waals surface area contributed by atoms with Gasteiger partial charge in [0.1, 0.15) is 0 Å². The lowest BCUT2D eigenvalue weighted by molar-refractivity contribution is -0.133. The maximum atomic E-state index is 12.4. The van der Waals surface area contributed by atoms with Crippen LogP contribution in [0, 0.1) is 0 Å².